The molecule has 0 aliphatic rings. The second kappa shape index (κ2) is 5.30. The largest absolute Gasteiger partial charge is 0.489 e. The Kier molecular flexibility index (Phi) is 3.77. The average Bonchev–Trinajstić information content (AvgIpc) is 2.28. The van der Waals surface area contributed by atoms with Gasteiger partial charge in [-0.15, -0.1) is 0 Å². The topological polar surface area (TPSA) is 35.2 Å². The lowest BCUT2D eigenvalue weighted by atomic mass is 10.2. The summed E-state index contributed by atoms with van der Waals surface area (Å²) in [6.45, 7) is 0.388. The Morgan fingerprint density at radius 1 is 1.06 bits per heavy atom. The highest BCUT2D eigenvalue weighted by molar-refractivity contribution is 6.31. The molecular formula is C13H11Cl2NO. The number of ether oxygens (including phenoxy) is 1. The van der Waals surface area contributed by atoms with Crippen LogP contribution < -0.4 is 10.5 Å². The van der Waals surface area contributed by atoms with Crippen molar-refractivity contribution in [3.8, 4) is 5.75 Å². The van der Waals surface area contributed by atoms with Crippen LogP contribution in [0.1, 0.15) is 5.56 Å². The van der Waals surface area contributed by atoms with E-state index in [1.165, 1.54) is 0 Å². The van der Waals surface area contributed by atoms with Crippen LogP contribution in [0.5, 0.6) is 5.75 Å². The first kappa shape index (κ1) is 12.1. The van der Waals surface area contributed by atoms with E-state index in [0.717, 1.165) is 5.56 Å². The van der Waals surface area contributed by atoms with Crippen molar-refractivity contribution >= 4 is 28.9 Å². The molecule has 0 unspecified atom stereocenters. The Bertz CT molecular complexity index is 529. The van der Waals surface area contributed by atoms with Gasteiger partial charge >= 0.3 is 0 Å². The van der Waals surface area contributed by atoms with Crippen molar-refractivity contribution in [1.29, 1.82) is 0 Å². The number of hydrogen-bond donors (Lipinski definition) is 1. The summed E-state index contributed by atoms with van der Waals surface area (Å²) in [7, 11) is 0. The molecule has 0 aliphatic heterocycles. The monoisotopic (exact) mass is 267 g/mol. The first-order chi connectivity index (χ1) is 8.15. The van der Waals surface area contributed by atoms with Crippen molar-refractivity contribution in [3.05, 3.63) is 58.1 Å². The Labute approximate surface area is 110 Å². The molecule has 0 aliphatic carbocycles. The van der Waals surface area contributed by atoms with Crippen molar-refractivity contribution in [2.45, 2.75) is 6.61 Å². The van der Waals surface area contributed by atoms with Crippen LogP contribution in [-0.4, -0.2) is 0 Å². The molecule has 17 heavy (non-hydrogen) atoms. The first-order valence-electron chi connectivity index (χ1n) is 5.07. The zero-order chi connectivity index (χ0) is 12.3. The molecule has 2 aromatic carbocycles. The van der Waals surface area contributed by atoms with E-state index >= 15 is 0 Å². The van der Waals surface area contributed by atoms with Gasteiger partial charge in [0.1, 0.15) is 12.4 Å². The van der Waals surface area contributed by atoms with Gasteiger partial charge in [0.2, 0.25) is 0 Å². The molecule has 0 saturated heterocycles. The standard InChI is InChI=1S/C13H11Cl2NO/c14-10-2-1-3-12(6-10)17-8-9-4-5-11(16)7-13(9)15/h1-7H,8,16H2. The van der Waals surface area contributed by atoms with Crippen LogP contribution >= 0.6 is 23.2 Å². The van der Waals surface area contributed by atoms with Gasteiger partial charge in [-0.05, 0) is 30.3 Å². The van der Waals surface area contributed by atoms with Crippen LogP contribution in [0.2, 0.25) is 10.0 Å². The number of hydrogen-bond acceptors (Lipinski definition) is 2. The second-order valence-corrected chi connectivity index (χ2v) is 4.44. The van der Waals surface area contributed by atoms with Crippen LogP contribution in [-0.2, 0) is 6.61 Å². The Hall–Kier alpha value is -1.38. The minimum Gasteiger partial charge on any atom is -0.489 e. The first-order valence-corrected chi connectivity index (χ1v) is 5.83. The van der Waals surface area contributed by atoms with Gasteiger partial charge in [-0.1, -0.05) is 35.3 Å². The fraction of sp³-hybridized carbons (Fsp3) is 0.0769. The van der Waals surface area contributed by atoms with Crippen molar-refractivity contribution in [2.75, 3.05) is 5.73 Å². The van der Waals surface area contributed by atoms with Gasteiger partial charge < -0.3 is 10.5 Å². The van der Waals surface area contributed by atoms with Crippen molar-refractivity contribution in [2.24, 2.45) is 0 Å². The number of nitrogens with two attached hydrogens (primary N) is 1. The smallest absolute Gasteiger partial charge is 0.121 e. The summed E-state index contributed by atoms with van der Waals surface area (Å²) in [5, 5.41) is 1.25. The van der Waals surface area contributed by atoms with Crippen LogP contribution in [0.4, 0.5) is 5.69 Å². The lowest BCUT2D eigenvalue weighted by Crippen LogP contribution is -1.97. The lowest BCUT2D eigenvalue weighted by Gasteiger charge is -2.08. The van der Waals surface area contributed by atoms with E-state index in [1.807, 2.05) is 18.2 Å². The summed E-state index contributed by atoms with van der Waals surface area (Å²) in [5.41, 5.74) is 7.14. The van der Waals surface area contributed by atoms with Gasteiger partial charge in [0, 0.05) is 21.3 Å². The molecule has 2 nitrogen and oxygen atoms in total. The molecule has 2 aromatic rings. The van der Waals surface area contributed by atoms with Gasteiger partial charge in [-0.3, -0.25) is 0 Å². The van der Waals surface area contributed by atoms with Crippen LogP contribution in [0.15, 0.2) is 42.5 Å². The second-order valence-electron chi connectivity index (χ2n) is 3.60. The Morgan fingerprint density at radius 3 is 2.59 bits per heavy atom. The molecule has 0 saturated carbocycles. The minimum atomic E-state index is 0.388. The van der Waals surface area contributed by atoms with Gasteiger partial charge in [-0.25, -0.2) is 0 Å². The third kappa shape index (κ3) is 3.29. The van der Waals surface area contributed by atoms with E-state index in [-0.39, 0.29) is 0 Å². The zero-order valence-electron chi connectivity index (χ0n) is 8.99. The van der Waals surface area contributed by atoms with E-state index in [1.54, 1.807) is 24.3 Å². The number of anilines is 1. The van der Waals surface area contributed by atoms with Crippen molar-refractivity contribution in [1.82, 2.24) is 0 Å². The third-order valence-electron chi connectivity index (χ3n) is 2.27. The molecule has 4 heteroatoms. The SMILES string of the molecule is Nc1ccc(COc2cccc(Cl)c2)c(Cl)c1. The molecular weight excluding hydrogens is 257 g/mol. The molecule has 0 spiro atoms. The predicted molar refractivity (Wildman–Crippen MR) is 71.6 cm³/mol. The molecule has 0 radical (unpaired) electrons. The summed E-state index contributed by atoms with van der Waals surface area (Å²) in [6.07, 6.45) is 0. The lowest BCUT2D eigenvalue weighted by molar-refractivity contribution is 0.306. The molecule has 0 amide bonds. The molecule has 0 fully saturated rings. The maximum Gasteiger partial charge on any atom is 0.121 e. The number of halogens is 2. The molecule has 0 aromatic heterocycles. The highest BCUT2D eigenvalue weighted by Crippen LogP contribution is 2.22. The summed E-state index contributed by atoms with van der Waals surface area (Å²) < 4.78 is 5.58. The van der Waals surface area contributed by atoms with Crippen LogP contribution in [0, 0.1) is 0 Å². The fourth-order valence-electron chi connectivity index (χ4n) is 1.40. The number of rotatable bonds is 3. The van der Waals surface area contributed by atoms with E-state index in [4.69, 9.17) is 33.7 Å². The molecule has 0 atom stereocenters. The van der Waals surface area contributed by atoms with E-state index < -0.39 is 0 Å². The molecule has 2 N–H and O–H groups in total. The summed E-state index contributed by atoms with van der Waals surface area (Å²) in [5.74, 6) is 0.713. The molecule has 0 bridgehead atoms. The van der Waals surface area contributed by atoms with Gasteiger partial charge in [-0.2, -0.15) is 0 Å². The number of benzene rings is 2. The van der Waals surface area contributed by atoms with Crippen molar-refractivity contribution in [3.63, 3.8) is 0 Å². The van der Waals surface area contributed by atoms with Gasteiger partial charge in [0.15, 0.2) is 0 Å². The summed E-state index contributed by atoms with van der Waals surface area (Å²) in [6, 6.07) is 12.6. The Morgan fingerprint density at radius 2 is 1.88 bits per heavy atom. The van der Waals surface area contributed by atoms with E-state index in [2.05, 4.69) is 0 Å². The van der Waals surface area contributed by atoms with Crippen LogP contribution in [0.25, 0.3) is 0 Å². The van der Waals surface area contributed by atoms with Crippen molar-refractivity contribution < 1.29 is 4.74 Å². The predicted octanol–water partition coefficient (Wildman–Crippen LogP) is 4.15. The maximum atomic E-state index is 6.04. The highest BCUT2D eigenvalue weighted by Gasteiger charge is 2.02. The van der Waals surface area contributed by atoms with E-state index in [9.17, 15) is 0 Å². The summed E-state index contributed by atoms with van der Waals surface area (Å²) >= 11 is 11.9. The fourth-order valence-corrected chi connectivity index (χ4v) is 1.82. The van der Waals surface area contributed by atoms with Gasteiger partial charge in [0.25, 0.3) is 0 Å². The zero-order valence-corrected chi connectivity index (χ0v) is 10.5. The highest BCUT2D eigenvalue weighted by atomic mass is 35.5. The average molecular weight is 268 g/mol. The molecule has 88 valence electrons. The minimum absolute atomic E-state index is 0.388. The normalized spacial score (nSPS) is 10.2. The van der Waals surface area contributed by atoms with E-state index in [0.29, 0.717) is 28.1 Å². The molecule has 2 rings (SSSR count). The van der Waals surface area contributed by atoms with Crippen LogP contribution in [0.3, 0.4) is 0 Å². The maximum absolute atomic E-state index is 6.04. The number of nitrogen functional groups attached to an aromatic ring is 1. The summed E-state index contributed by atoms with van der Waals surface area (Å²) in [4.78, 5) is 0. The quantitative estimate of drug-likeness (QED) is 0.848. The van der Waals surface area contributed by atoms with Gasteiger partial charge in [0.05, 0.1) is 0 Å². The molecule has 0 heterocycles. The Balaban J connectivity index is 2.07. The third-order valence-corrected chi connectivity index (χ3v) is 2.85.